The molecule has 3 aromatic heterocycles. The van der Waals surface area contributed by atoms with Gasteiger partial charge in [0.1, 0.15) is 0 Å². The minimum Gasteiger partial charge on any atom is -0.379 e. The number of nitrogens with zero attached hydrogens (tertiary/aromatic N) is 3. The molecule has 6 nitrogen and oxygen atoms in total. The molecule has 23 heavy (non-hydrogen) atoms. The molecule has 0 aliphatic carbocycles. The number of H-pyrrole nitrogens is 1. The van der Waals surface area contributed by atoms with Crippen LogP contribution < -0.4 is 10.9 Å². The van der Waals surface area contributed by atoms with Crippen molar-refractivity contribution in [2.75, 3.05) is 5.32 Å². The number of aromatic amines is 1. The average Bonchev–Trinajstić information content (AvgIpc) is 3.23. The standard InChI is InChI=1S/C16H13N5OS/c22-14-9-12(10-17-11-5-2-1-3-6-11)18-16-19-15(20-21(14)16)13-7-4-8-23-13/h1-9,17H,10H2,(H,18,19,20). The number of hydrogen-bond acceptors (Lipinski definition) is 5. The van der Waals surface area contributed by atoms with Gasteiger partial charge in [-0.3, -0.25) is 9.89 Å². The molecule has 3 heterocycles. The molecule has 0 radical (unpaired) electrons. The number of nitrogens with one attached hydrogen (secondary N) is 2. The lowest BCUT2D eigenvalue weighted by Crippen LogP contribution is -2.17. The number of para-hydroxylation sites is 1. The largest absolute Gasteiger partial charge is 0.379 e. The number of anilines is 1. The highest BCUT2D eigenvalue weighted by molar-refractivity contribution is 7.13. The smallest absolute Gasteiger partial charge is 0.274 e. The monoisotopic (exact) mass is 323 g/mol. The van der Waals surface area contributed by atoms with Gasteiger partial charge in [-0.25, -0.2) is 4.98 Å². The summed E-state index contributed by atoms with van der Waals surface area (Å²) in [6, 6.07) is 15.2. The molecule has 0 saturated carbocycles. The van der Waals surface area contributed by atoms with E-state index in [0.717, 1.165) is 10.6 Å². The first-order valence-corrected chi connectivity index (χ1v) is 7.99. The maximum Gasteiger partial charge on any atom is 0.274 e. The zero-order valence-corrected chi connectivity index (χ0v) is 12.9. The summed E-state index contributed by atoms with van der Waals surface area (Å²) in [5, 5.41) is 8.19. The van der Waals surface area contributed by atoms with E-state index in [0.29, 0.717) is 23.8 Å². The van der Waals surface area contributed by atoms with Crippen LogP contribution in [0.2, 0.25) is 0 Å². The van der Waals surface area contributed by atoms with Gasteiger partial charge in [0.25, 0.3) is 11.3 Å². The van der Waals surface area contributed by atoms with Gasteiger partial charge in [-0.15, -0.1) is 11.3 Å². The molecule has 4 aromatic rings. The van der Waals surface area contributed by atoms with E-state index in [1.165, 1.54) is 10.6 Å². The van der Waals surface area contributed by atoms with Crippen molar-refractivity contribution in [3.8, 4) is 10.7 Å². The van der Waals surface area contributed by atoms with E-state index in [4.69, 9.17) is 0 Å². The quantitative estimate of drug-likeness (QED) is 0.605. The van der Waals surface area contributed by atoms with Crippen molar-refractivity contribution in [1.29, 1.82) is 0 Å². The van der Waals surface area contributed by atoms with E-state index in [1.54, 1.807) is 11.3 Å². The molecule has 0 saturated heterocycles. The summed E-state index contributed by atoms with van der Waals surface area (Å²) in [5.41, 5.74) is 1.47. The number of rotatable bonds is 4. The predicted octanol–water partition coefficient (Wildman–Crippen LogP) is 2.76. The predicted molar refractivity (Wildman–Crippen MR) is 90.7 cm³/mol. The topological polar surface area (TPSA) is 75.1 Å². The molecule has 2 N–H and O–H groups in total. The molecule has 0 atom stereocenters. The second kappa shape index (κ2) is 5.69. The van der Waals surface area contributed by atoms with E-state index in [9.17, 15) is 4.79 Å². The highest BCUT2D eigenvalue weighted by Gasteiger charge is 2.10. The van der Waals surface area contributed by atoms with Gasteiger partial charge in [0, 0.05) is 11.8 Å². The van der Waals surface area contributed by atoms with Crippen LogP contribution in [0.1, 0.15) is 5.69 Å². The fraction of sp³-hybridized carbons (Fsp3) is 0.0625. The van der Waals surface area contributed by atoms with Crippen LogP contribution in [0.15, 0.2) is 58.7 Å². The normalized spacial score (nSPS) is 11.0. The molecule has 4 rings (SSSR count). The van der Waals surface area contributed by atoms with Crippen LogP contribution in [0.25, 0.3) is 16.5 Å². The number of hydrogen-bond donors (Lipinski definition) is 2. The molecule has 1 aromatic carbocycles. The Morgan fingerprint density at radius 2 is 2.00 bits per heavy atom. The highest BCUT2D eigenvalue weighted by atomic mass is 32.1. The van der Waals surface area contributed by atoms with Crippen molar-refractivity contribution in [2.45, 2.75) is 6.54 Å². The van der Waals surface area contributed by atoms with Crippen LogP contribution in [-0.4, -0.2) is 19.6 Å². The van der Waals surface area contributed by atoms with E-state index in [2.05, 4.69) is 20.4 Å². The summed E-state index contributed by atoms with van der Waals surface area (Å²) in [6.07, 6.45) is 0. The van der Waals surface area contributed by atoms with Crippen LogP contribution >= 0.6 is 11.3 Å². The van der Waals surface area contributed by atoms with Crippen LogP contribution in [-0.2, 0) is 6.54 Å². The van der Waals surface area contributed by atoms with Gasteiger partial charge >= 0.3 is 0 Å². The van der Waals surface area contributed by atoms with Crippen molar-refractivity contribution >= 4 is 22.8 Å². The summed E-state index contributed by atoms with van der Waals surface area (Å²) in [4.78, 5) is 22.0. The lowest BCUT2D eigenvalue weighted by molar-refractivity contribution is 0.879. The molecule has 0 fully saturated rings. The second-order valence-corrected chi connectivity index (χ2v) is 5.94. The Balaban J connectivity index is 1.65. The molecular formula is C16H13N5OS. The minimum absolute atomic E-state index is 0.171. The maximum atomic E-state index is 12.2. The first-order chi connectivity index (χ1) is 11.3. The number of thiophene rings is 1. The fourth-order valence-electron chi connectivity index (χ4n) is 2.29. The summed E-state index contributed by atoms with van der Waals surface area (Å²) in [7, 11) is 0. The van der Waals surface area contributed by atoms with E-state index in [1.807, 2.05) is 47.8 Å². The maximum absolute atomic E-state index is 12.2. The lowest BCUT2D eigenvalue weighted by atomic mass is 10.3. The SMILES string of the molecule is O=c1cc(CNc2ccccc2)nc2nc(-c3cccs3)[nH]n12. The van der Waals surface area contributed by atoms with Crippen LogP contribution in [0.4, 0.5) is 5.69 Å². The summed E-state index contributed by atoms with van der Waals surface area (Å²) < 4.78 is 1.36. The molecular weight excluding hydrogens is 310 g/mol. The minimum atomic E-state index is -0.171. The van der Waals surface area contributed by atoms with Gasteiger partial charge in [-0.05, 0) is 23.6 Å². The third-order valence-corrected chi connectivity index (χ3v) is 4.26. The Morgan fingerprint density at radius 3 is 2.78 bits per heavy atom. The molecule has 0 amide bonds. The lowest BCUT2D eigenvalue weighted by Gasteiger charge is -2.05. The zero-order chi connectivity index (χ0) is 15.6. The van der Waals surface area contributed by atoms with Gasteiger partial charge in [0.15, 0.2) is 5.82 Å². The molecule has 114 valence electrons. The Bertz CT molecular complexity index is 988. The van der Waals surface area contributed by atoms with Gasteiger partial charge in [-0.2, -0.15) is 9.50 Å². The van der Waals surface area contributed by atoms with E-state index < -0.39 is 0 Å². The Morgan fingerprint density at radius 1 is 1.13 bits per heavy atom. The van der Waals surface area contributed by atoms with Gasteiger partial charge in [0.05, 0.1) is 17.1 Å². The molecule has 7 heteroatoms. The van der Waals surface area contributed by atoms with E-state index in [-0.39, 0.29) is 5.56 Å². The summed E-state index contributed by atoms with van der Waals surface area (Å²) >= 11 is 1.56. The van der Waals surface area contributed by atoms with Gasteiger partial charge in [-0.1, -0.05) is 24.3 Å². The van der Waals surface area contributed by atoms with Crippen LogP contribution in [0, 0.1) is 0 Å². The molecule has 0 aliphatic heterocycles. The van der Waals surface area contributed by atoms with Crippen molar-refractivity contribution in [1.82, 2.24) is 19.6 Å². The van der Waals surface area contributed by atoms with E-state index >= 15 is 0 Å². The van der Waals surface area contributed by atoms with Crippen molar-refractivity contribution < 1.29 is 0 Å². The third kappa shape index (κ3) is 2.74. The van der Waals surface area contributed by atoms with Crippen molar-refractivity contribution in [3.05, 3.63) is 70.0 Å². The van der Waals surface area contributed by atoms with Gasteiger partial charge < -0.3 is 5.32 Å². The van der Waals surface area contributed by atoms with Crippen molar-refractivity contribution in [2.24, 2.45) is 0 Å². The fourth-order valence-corrected chi connectivity index (χ4v) is 2.95. The number of aromatic nitrogens is 4. The first kappa shape index (κ1) is 13.7. The Hall–Kier alpha value is -2.93. The first-order valence-electron chi connectivity index (χ1n) is 7.11. The Kier molecular flexibility index (Phi) is 3.39. The number of fused-ring (bicyclic) bond motifs is 1. The summed E-state index contributed by atoms with van der Waals surface area (Å²) in [6.45, 7) is 0.469. The van der Waals surface area contributed by atoms with Crippen molar-refractivity contribution in [3.63, 3.8) is 0 Å². The Labute approximate surface area is 135 Å². The van der Waals surface area contributed by atoms with Crippen LogP contribution in [0.3, 0.4) is 0 Å². The second-order valence-electron chi connectivity index (χ2n) is 4.99. The molecule has 0 bridgehead atoms. The summed E-state index contributed by atoms with van der Waals surface area (Å²) in [5.74, 6) is 1.03. The van der Waals surface area contributed by atoms with Crippen LogP contribution in [0.5, 0.6) is 0 Å². The zero-order valence-electron chi connectivity index (χ0n) is 12.1. The third-order valence-electron chi connectivity index (χ3n) is 3.39. The molecule has 0 unspecified atom stereocenters. The van der Waals surface area contributed by atoms with Gasteiger partial charge in [0.2, 0.25) is 0 Å². The molecule has 0 aliphatic rings. The average molecular weight is 323 g/mol. The molecule has 0 spiro atoms. The highest BCUT2D eigenvalue weighted by Crippen LogP contribution is 2.20. The number of benzene rings is 1.